The highest BCUT2D eigenvalue weighted by Gasteiger charge is 2.33. The van der Waals surface area contributed by atoms with Crippen molar-refractivity contribution in [3.05, 3.63) is 18.0 Å². The summed E-state index contributed by atoms with van der Waals surface area (Å²) in [5.74, 6) is -0.985. The summed E-state index contributed by atoms with van der Waals surface area (Å²) in [5, 5.41) is 16.9. The van der Waals surface area contributed by atoms with E-state index in [0.717, 1.165) is 12.1 Å². The highest BCUT2D eigenvalue weighted by Crippen LogP contribution is 2.30. The molecular formula is C13H21N3O2. The Kier molecular flexibility index (Phi) is 3.43. The molecule has 0 radical (unpaired) electrons. The molecule has 100 valence electrons. The molecule has 1 aromatic heterocycles. The third-order valence-corrected chi connectivity index (χ3v) is 3.52. The van der Waals surface area contributed by atoms with Gasteiger partial charge in [0.25, 0.3) is 0 Å². The van der Waals surface area contributed by atoms with E-state index in [4.69, 9.17) is 0 Å². The molecular weight excluding hydrogens is 230 g/mol. The summed E-state index contributed by atoms with van der Waals surface area (Å²) in [6.07, 6.45) is 4.47. The number of piperidine rings is 1. The van der Waals surface area contributed by atoms with Gasteiger partial charge in [0.15, 0.2) is 0 Å². The number of nitrogens with one attached hydrogen (secondary N) is 1. The molecule has 5 nitrogen and oxygen atoms in total. The molecule has 1 aromatic rings. The molecule has 2 atom stereocenters. The number of carboxylic acid groups (broad SMARTS) is 1. The van der Waals surface area contributed by atoms with Crippen LogP contribution in [0.4, 0.5) is 0 Å². The van der Waals surface area contributed by atoms with Crippen molar-refractivity contribution in [1.82, 2.24) is 15.1 Å². The Morgan fingerprint density at radius 1 is 1.56 bits per heavy atom. The zero-order chi connectivity index (χ0) is 13.3. The average molecular weight is 251 g/mol. The van der Waals surface area contributed by atoms with Crippen molar-refractivity contribution in [2.24, 2.45) is 5.92 Å². The van der Waals surface area contributed by atoms with E-state index in [1.54, 1.807) is 6.20 Å². The summed E-state index contributed by atoms with van der Waals surface area (Å²) in [7, 11) is 0. The van der Waals surface area contributed by atoms with E-state index in [1.165, 1.54) is 0 Å². The predicted molar refractivity (Wildman–Crippen MR) is 68.6 cm³/mol. The topological polar surface area (TPSA) is 67.2 Å². The minimum Gasteiger partial charge on any atom is -0.481 e. The Hall–Kier alpha value is -1.36. The van der Waals surface area contributed by atoms with Crippen molar-refractivity contribution in [3.8, 4) is 0 Å². The van der Waals surface area contributed by atoms with Gasteiger partial charge >= 0.3 is 5.97 Å². The summed E-state index contributed by atoms with van der Waals surface area (Å²) in [6, 6.07) is 0. The summed E-state index contributed by atoms with van der Waals surface area (Å²) in [4.78, 5) is 11.3. The Morgan fingerprint density at radius 2 is 2.28 bits per heavy atom. The zero-order valence-electron chi connectivity index (χ0n) is 11.2. The van der Waals surface area contributed by atoms with Crippen LogP contribution in [0.1, 0.15) is 38.7 Å². The fraction of sp³-hybridized carbons (Fsp3) is 0.692. The van der Waals surface area contributed by atoms with Gasteiger partial charge < -0.3 is 10.4 Å². The first kappa shape index (κ1) is 13.1. The smallest absolute Gasteiger partial charge is 0.307 e. The Labute approximate surface area is 107 Å². The van der Waals surface area contributed by atoms with Crippen LogP contribution in [0.3, 0.4) is 0 Å². The van der Waals surface area contributed by atoms with Crippen molar-refractivity contribution in [1.29, 1.82) is 0 Å². The standard InChI is InChI=1S/C13H21N3O2/c1-13(2,3)16-8-9(6-15-16)11-7-14-5-4-10(11)12(17)18/h6,8,10-11,14H,4-5,7H2,1-3H3,(H,17,18). The maximum atomic E-state index is 11.3. The monoisotopic (exact) mass is 251 g/mol. The lowest BCUT2D eigenvalue weighted by Gasteiger charge is -2.28. The number of carboxylic acids is 1. The molecule has 0 aromatic carbocycles. The maximum absolute atomic E-state index is 11.3. The van der Waals surface area contributed by atoms with E-state index in [0.29, 0.717) is 13.0 Å². The number of hydrogen-bond donors (Lipinski definition) is 2. The lowest BCUT2D eigenvalue weighted by Crippen LogP contribution is -2.38. The van der Waals surface area contributed by atoms with Crippen LogP contribution in [-0.2, 0) is 10.3 Å². The van der Waals surface area contributed by atoms with Crippen LogP contribution < -0.4 is 5.32 Å². The summed E-state index contributed by atoms with van der Waals surface area (Å²) in [5.41, 5.74) is 0.948. The van der Waals surface area contributed by atoms with Crippen LogP contribution in [0.25, 0.3) is 0 Å². The van der Waals surface area contributed by atoms with Gasteiger partial charge in [0, 0.05) is 18.7 Å². The molecule has 2 N–H and O–H groups in total. The van der Waals surface area contributed by atoms with Crippen molar-refractivity contribution < 1.29 is 9.90 Å². The molecule has 0 spiro atoms. The highest BCUT2D eigenvalue weighted by molar-refractivity contribution is 5.71. The third-order valence-electron chi connectivity index (χ3n) is 3.52. The maximum Gasteiger partial charge on any atom is 0.307 e. The molecule has 0 saturated carbocycles. The fourth-order valence-corrected chi connectivity index (χ4v) is 2.40. The molecule has 1 saturated heterocycles. The average Bonchev–Trinajstić information content (AvgIpc) is 2.77. The van der Waals surface area contributed by atoms with Gasteiger partial charge in [0.1, 0.15) is 0 Å². The lowest BCUT2D eigenvalue weighted by atomic mass is 9.83. The Balaban J connectivity index is 2.24. The second kappa shape index (κ2) is 4.72. The second-order valence-electron chi connectivity index (χ2n) is 5.93. The minimum absolute atomic E-state index is 0.0207. The molecule has 18 heavy (non-hydrogen) atoms. The van der Waals surface area contributed by atoms with Crippen LogP contribution in [0, 0.1) is 5.92 Å². The molecule has 2 rings (SSSR count). The Morgan fingerprint density at radius 3 is 2.83 bits per heavy atom. The van der Waals surface area contributed by atoms with E-state index in [-0.39, 0.29) is 17.4 Å². The third kappa shape index (κ3) is 2.56. The molecule has 0 bridgehead atoms. The van der Waals surface area contributed by atoms with Crippen molar-refractivity contribution in [2.45, 2.75) is 38.6 Å². The minimum atomic E-state index is -0.704. The van der Waals surface area contributed by atoms with Gasteiger partial charge in [-0.25, -0.2) is 0 Å². The predicted octanol–water partition coefficient (Wildman–Crippen LogP) is 1.42. The second-order valence-corrected chi connectivity index (χ2v) is 5.93. The molecule has 1 aliphatic rings. The fourth-order valence-electron chi connectivity index (χ4n) is 2.40. The van der Waals surface area contributed by atoms with Gasteiger partial charge in [-0.05, 0) is 39.3 Å². The molecule has 0 amide bonds. The molecule has 5 heteroatoms. The van der Waals surface area contributed by atoms with E-state index in [1.807, 2.05) is 10.9 Å². The first-order valence-corrected chi connectivity index (χ1v) is 6.38. The Bertz CT molecular complexity index is 434. The van der Waals surface area contributed by atoms with Gasteiger partial charge in [-0.2, -0.15) is 5.10 Å². The van der Waals surface area contributed by atoms with E-state index in [2.05, 4.69) is 31.2 Å². The lowest BCUT2D eigenvalue weighted by molar-refractivity contribution is -0.143. The number of hydrogen-bond acceptors (Lipinski definition) is 3. The van der Waals surface area contributed by atoms with E-state index < -0.39 is 5.97 Å². The van der Waals surface area contributed by atoms with Gasteiger partial charge in [0.2, 0.25) is 0 Å². The number of aliphatic carboxylic acids is 1. The van der Waals surface area contributed by atoms with Crippen molar-refractivity contribution in [2.75, 3.05) is 13.1 Å². The van der Waals surface area contributed by atoms with Gasteiger partial charge in [0.05, 0.1) is 17.7 Å². The van der Waals surface area contributed by atoms with Crippen LogP contribution >= 0.6 is 0 Å². The van der Waals surface area contributed by atoms with Crippen LogP contribution in [0.15, 0.2) is 12.4 Å². The van der Waals surface area contributed by atoms with Gasteiger partial charge in [-0.15, -0.1) is 0 Å². The first-order chi connectivity index (χ1) is 8.39. The van der Waals surface area contributed by atoms with Crippen molar-refractivity contribution >= 4 is 5.97 Å². The van der Waals surface area contributed by atoms with Gasteiger partial charge in [-0.3, -0.25) is 9.48 Å². The summed E-state index contributed by atoms with van der Waals surface area (Å²) >= 11 is 0. The largest absolute Gasteiger partial charge is 0.481 e. The molecule has 0 aliphatic carbocycles. The van der Waals surface area contributed by atoms with Crippen molar-refractivity contribution in [3.63, 3.8) is 0 Å². The quantitative estimate of drug-likeness (QED) is 0.834. The SMILES string of the molecule is CC(C)(C)n1cc(C2CNCCC2C(=O)O)cn1. The summed E-state index contributed by atoms with van der Waals surface area (Å²) in [6.45, 7) is 7.74. The molecule has 2 heterocycles. The molecule has 1 fully saturated rings. The van der Waals surface area contributed by atoms with Crippen LogP contribution in [0.2, 0.25) is 0 Å². The summed E-state index contributed by atoms with van der Waals surface area (Å²) < 4.78 is 1.90. The number of rotatable bonds is 2. The molecule has 1 aliphatic heterocycles. The normalized spacial score (nSPS) is 25.1. The highest BCUT2D eigenvalue weighted by atomic mass is 16.4. The van der Waals surface area contributed by atoms with Crippen LogP contribution in [0.5, 0.6) is 0 Å². The van der Waals surface area contributed by atoms with Gasteiger partial charge in [-0.1, -0.05) is 0 Å². The number of nitrogens with zero attached hydrogens (tertiary/aromatic N) is 2. The number of carbonyl (C=O) groups is 1. The van der Waals surface area contributed by atoms with Crippen LogP contribution in [-0.4, -0.2) is 33.9 Å². The molecule has 2 unspecified atom stereocenters. The van der Waals surface area contributed by atoms with E-state index in [9.17, 15) is 9.90 Å². The number of aromatic nitrogens is 2. The zero-order valence-corrected chi connectivity index (χ0v) is 11.2. The first-order valence-electron chi connectivity index (χ1n) is 6.38. The van der Waals surface area contributed by atoms with E-state index >= 15 is 0 Å².